The zero-order valence-corrected chi connectivity index (χ0v) is 14.3. The van der Waals surface area contributed by atoms with Gasteiger partial charge in [-0.25, -0.2) is 4.79 Å². The third kappa shape index (κ3) is 6.90. The molecule has 1 atom stereocenters. The van der Waals surface area contributed by atoms with Gasteiger partial charge in [0.2, 0.25) is 0 Å². The SMILES string of the molecule is COC(=O)C=C(N)c1ccc(OCC(O)CNC(C)C)c(Cl)c1. The third-order valence-electron chi connectivity index (χ3n) is 2.93. The number of carbonyl (C=O) groups excluding carboxylic acids is 1. The summed E-state index contributed by atoms with van der Waals surface area (Å²) in [4.78, 5) is 11.2. The Kier molecular flexibility index (Phi) is 7.88. The summed E-state index contributed by atoms with van der Waals surface area (Å²) in [5, 5.41) is 13.3. The zero-order valence-electron chi connectivity index (χ0n) is 13.5. The molecule has 0 saturated heterocycles. The van der Waals surface area contributed by atoms with Crippen molar-refractivity contribution in [3.8, 4) is 5.75 Å². The molecule has 0 aliphatic rings. The Morgan fingerprint density at radius 1 is 1.48 bits per heavy atom. The van der Waals surface area contributed by atoms with Gasteiger partial charge in [-0.1, -0.05) is 25.4 Å². The number of ether oxygens (including phenoxy) is 2. The molecule has 1 rings (SSSR count). The van der Waals surface area contributed by atoms with E-state index < -0.39 is 12.1 Å². The lowest BCUT2D eigenvalue weighted by Crippen LogP contribution is -2.35. The van der Waals surface area contributed by atoms with E-state index in [2.05, 4.69) is 10.1 Å². The van der Waals surface area contributed by atoms with Gasteiger partial charge in [0.25, 0.3) is 0 Å². The molecule has 0 aromatic heterocycles. The van der Waals surface area contributed by atoms with Crippen LogP contribution < -0.4 is 15.8 Å². The molecule has 0 fully saturated rings. The van der Waals surface area contributed by atoms with E-state index in [0.29, 0.717) is 22.9 Å². The van der Waals surface area contributed by atoms with Gasteiger partial charge in [0, 0.05) is 24.4 Å². The number of benzene rings is 1. The fourth-order valence-corrected chi connectivity index (χ4v) is 1.92. The number of aliphatic hydroxyl groups excluding tert-OH is 1. The fraction of sp³-hybridized carbons (Fsp3) is 0.438. The molecule has 7 heteroatoms. The second-order valence-electron chi connectivity index (χ2n) is 5.30. The van der Waals surface area contributed by atoms with E-state index in [0.717, 1.165) is 0 Å². The first-order valence-corrected chi connectivity index (χ1v) is 7.60. The van der Waals surface area contributed by atoms with E-state index in [9.17, 15) is 9.90 Å². The molecule has 0 spiro atoms. The quantitative estimate of drug-likeness (QED) is 0.490. The highest BCUT2D eigenvalue weighted by atomic mass is 35.5. The second kappa shape index (κ2) is 9.39. The zero-order chi connectivity index (χ0) is 17.4. The number of hydrogen-bond donors (Lipinski definition) is 3. The summed E-state index contributed by atoms with van der Waals surface area (Å²) in [6.45, 7) is 4.54. The lowest BCUT2D eigenvalue weighted by atomic mass is 10.1. The van der Waals surface area contributed by atoms with Gasteiger partial charge in [0.1, 0.15) is 18.5 Å². The fourth-order valence-electron chi connectivity index (χ4n) is 1.68. The van der Waals surface area contributed by atoms with Crippen molar-refractivity contribution in [1.29, 1.82) is 0 Å². The van der Waals surface area contributed by atoms with Crippen molar-refractivity contribution >= 4 is 23.3 Å². The molecule has 0 saturated carbocycles. The molecule has 1 unspecified atom stereocenters. The van der Waals surface area contributed by atoms with Gasteiger partial charge in [0.05, 0.1) is 12.1 Å². The number of halogens is 1. The van der Waals surface area contributed by atoms with E-state index in [1.807, 2.05) is 13.8 Å². The summed E-state index contributed by atoms with van der Waals surface area (Å²) in [7, 11) is 1.27. The van der Waals surface area contributed by atoms with Crippen LogP contribution in [0.15, 0.2) is 24.3 Å². The number of nitrogens with two attached hydrogens (primary N) is 1. The summed E-state index contributed by atoms with van der Waals surface area (Å²) in [6.07, 6.45) is 0.533. The van der Waals surface area contributed by atoms with Crippen molar-refractivity contribution in [2.75, 3.05) is 20.3 Å². The van der Waals surface area contributed by atoms with Crippen LogP contribution in [-0.4, -0.2) is 43.5 Å². The summed E-state index contributed by atoms with van der Waals surface area (Å²) >= 11 is 6.13. The van der Waals surface area contributed by atoms with E-state index in [4.69, 9.17) is 22.1 Å². The Morgan fingerprint density at radius 2 is 2.17 bits per heavy atom. The van der Waals surface area contributed by atoms with E-state index >= 15 is 0 Å². The van der Waals surface area contributed by atoms with Gasteiger partial charge in [-0.2, -0.15) is 0 Å². The number of hydrogen-bond acceptors (Lipinski definition) is 6. The van der Waals surface area contributed by atoms with Gasteiger partial charge < -0.3 is 25.6 Å². The molecule has 0 aliphatic heterocycles. The Morgan fingerprint density at radius 3 is 2.74 bits per heavy atom. The minimum Gasteiger partial charge on any atom is -0.489 e. The predicted octanol–water partition coefficient (Wildman–Crippen LogP) is 1.55. The summed E-state index contributed by atoms with van der Waals surface area (Å²) < 4.78 is 10.0. The first-order chi connectivity index (χ1) is 10.8. The Labute approximate surface area is 141 Å². The summed E-state index contributed by atoms with van der Waals surface area (Å²) in [5.74, 6) is -0.107. The van der Waals surface area contributed by atoms with Crippen LogP contribution in [0, 0.1) is 0 Å². The molecule has 0 aliphatic carbocycles. The number of rotatable bonds is 8. The van der Waals surface area contributed by atoms with Crippen molar-refractivity contribution in [3.63, 3.8) is 0 Å². The maximum atomic E-state index is 11.2. The molecule has 6 nitrogen and oxygen atoms in total. The lowest BCUT2D eigenvalue weighted by molar-refractivity contribution is -0.134. The molecule has 1 aromatic rings. The minimum atomic E-state index is -0.641. The molecule has 0 amide bonds. The van der Waals surface area contributed by atoms with Crippen LogP contribution in [0.1, 0.15) is 19.4 Å². The lowest BCUT2D eigenvalue weighted by Gasteiger charge is -2.16. The van der Waals surface area contributed by atoms with Crippen molar-refractivity contribution in [2.45, 2.75) is 26.0 Å². The van der Waals surface area contributed by atoms with Crippen LogP contribution in [0.2, 0.25) is 5.02 Å². The average molecular weight is 343 g/mol. The average Bonchev–Trinajstić information content (AvgIpc) is 2.51. The molecule has 0 heterocycles. The van der Waals surface area contributed by atoms with Crippen LogP contribution in [0.25, 0.3) is 5.70 Å². The molecular weight excluding hydrogens is 320 g/mol. The number of esters is 1. The van der Waals surface area contributed by atoms with Gasteiger partial charge in [-0.15, -0.1) is 0 Å². The van der Waals surface area contributed by atoms with E-state index in [-0.39, 0.29) is 18.3 Å². The van der Waals surface area contributed by atoms with Crippen LogP contribution in [0.4, 0.5) is 0 Å². The van der Waals surface area contributed by atoms with E-state index in [1.165, 1.54) is 13.2 Å². The first kappa shape index (κ1) is 19.3. The van der Waals surface area contributed by atoms with Gasteiger partial charge in [0.15, 0.2) is 0 Å². The van der Waals surface area contributed by atoms with Crippen LogP contribution in [0.5, 0.6) is 5.75 Å². The summed E-state index contributed by atoms with van der Waals surface area (Å²) in [6, 6.07) is 5.19. The monoisotopic (exact) mass is 342 g/mol. The smallest absolute Gasteiger partial charge is 0.332 e. The number of nitrogens with one attached hydrogen (secondary N) is 1. The highest BCUT2D eigenvalue weighted by Crippen LogP contribution is 2.27. The topological polar surface area (TPSA) is 93.8 Å². The van der Waals surface area contributed by atoms with Crippen molar-refractivity contribution < 1.29 is 19.4 Å². The highest BCUT2D eigenvalue weighted by molar-refractivity contribution is 6.32. The third-order valence-corrected chi connectivity index (χ3v) is 3.23. The number of carbonyl (C=O) groups is 1. The Bertz CT molecular complexity index is 561. The minimum absolute atomic E-state index is 0.117. The Balaban J connectivity index is 2.66. The molecule has 23 heavy (non-hydrogen) atoms. The van der Waals surface area contributed by atoms with Crippen LogP contribution in [0.3, 0.4) is 0 Å². The first-order valence-electron chi connectivity index (χ1n) is 7.22. The molecule has 4 N–H and O–H groups in total. The van der Waals surface area contributed by atoms with Gasteiger partial charge in [-0.3, -0.25) is 0 Å². The second-order valence-corrected chi connectivity index (χ2v) is 5.70. The molecule has 0 radical (unpaired) electrons. The van der Waals surface area contributed by atoms with Crippen LogP contribution in [-0.2, 0) is 9.53 Å². The number of methoxy groups -OCH3 is 1. The summed E-state index contributed by atoms with van der Waals surface area (Å²) in [5.41, 5.74) is 6.61. The molecular formula is C16H23ClN2O4. The van der Waals surface area contributed by atoms with Crippen molar-refractivity contribution in [1.82, 2.24) is 5.32 Å². The molecule has 0 bridgehead atoms. The maximum absolute atomic E-state index is 11.2. The Hall–Kier alpha value is -1.76. The van der Waals surface area contributed by atoms with Crippen molar-refractivity contribution in [3.05, 3.63) is 34.9 Å². The van der Waals surface area contributed by atoms with Gasteiger partial charge in [-0.05, 0) is 23.8 Å². The van der Waals surface area contributed by atoms with Crippen molar-refractivity contribution in [2.24, 2.45) is 5.73 Å². The van der Waals surface area contributed by atoms with Gasteiger partial charge >= 0.3 is 5.97 Å². The van der Waals surface area contributed by atoms with Crippen LogP contribution >= 0.6 is 11.6 Å². The largest absolute Gasteiger partial charge is 0.489 e. The predicted molar refractivity (Wildman–Crippen MR) is 90.3 cm³/mol. The normalized spacial score (nSPS) is 13.0. The van der Waals surface area contributed by atoms with E-state index in [1.54, 1.807) is 18.2 Å². The highest BCUT2D eigenvalue weighted by Gasteiger charge is 2.10. The molecule has 1 aromatic carbocycles. The molecule has 128 valence electrons. The number of aliphatic hydroxyl groups is 1. The maximum Gasteiger partial charge on any atom is 0.332 e. The standard InChI is InChI=1S/C16H23ClN2O4/c1-10(2)19-8-12(20)9-23-15-5-4-11(6-13(15)17)14(18)7-16(21)22-3/h4-7,10,12,19-20H,8-9,18H2,1-3H3.